The molecule has 1 rings (SSSR count). The van der Waals surface area contributed by atoms with E-state index in [1.165, 1.54) is 6.07 Å². The Kier molecular flexibility index (Phi) is 2.96. The van der Waals surface area contributed by atoms with Crippen LogP contribution in [0.2, 0.25) is 0 Å². The third-order valence-electron chi connectivity index (χ3n) is 1.41. The highest BCUT2D eigenvalue weighted by molar-refractivity contribution is 9.10. The summed E-state index contributed by atoms with van der Waals surface area (Å²) in [5.74, 6) is -0.198. The molecule has 0 N–H and O–H groups in total. The molecule has 0 saturated carbocycles. The highest BCUT2D eigenvalue weighted by atomic mass is 79.9. The van der Waals surface area contributed by atoms with Crippen LogP contribution in [-0.4, -0.2) is 0 Å². The number of hydrogen-bond acceptors (Lipinski definition) is 1. The van der Waals surface area contributed by atoms with Crippen LogP contribution in [0.1, 0.15) is 17.7 Å². The van der Waals surface area contributed by atoms with Crippen molar-refractivity contribution in [2.24, 2.45) is 0 Å². The Morgan fingerprint density at radius 1 is 1.55 bits per heavy atom. The first kappa shape index (κ1) is 9.07. The zero-order valence-electron chi connectivity index (χ0n) is 6.01. The van der Waals surface area contributed by atoms with E-state index in [-0.39, 0.29) is 11.1 Å². The van der Waals surface area contributed by atoms with Crippen molar-refractivity contribution in [1.29, 1.82) is 0 Å². The normalized spacial score (nSPS) is 13.1. The van der Waals surface area contributed by atoms with Gasteiger partial charge in [0.05, 0.1) is 0 Å². The van der Waals surface area contributed by atoms with E-state index >= 15 is 0 Å². The Morgan fingerprint density at radius 3 is 2.64 bits per heavy atom. The van der Waals surface area contributed by atoms with Gasteiger partial charge in [-0.05, 0) is 25.1 Å². The van der Waals surface area contributed by atoms with Crippen LogP contribution in [-0.2, 0) is 0 Å². The van der Waals surface area contributed by atoms with Crippen LogP contribution in [0.4, 0.5) is 4.39 Å². The van der Waals surface area contributed by atoms with Gasteiger partial charge in [0.2, 0.25) is 0 Å². The van der Waals surface area contributed by atoms with Crippen LogP contribution in [0.15, 0.2) is 22.7 Å². The monoisotopic (exact) mass is 234 g/mol. The van der Waals surface area contributed by atoms with Crippen LogP contribution in [0.5, 0.6) is 0 Å². The lowest BCUT2D eigenvalue weighted by Crippen LogP contribution is -1.89. The maximum atomic E-state index is 13.0. The molecule has 0 aliphatic heterocycles. The van der Waals surface area contributed by atoms with E-state index in [0.29, 0.717) is 5.56 Å². The second kappa shape index (κ2) is 3.59. The van der Waals surface area contributed by atoms with Crippen molar-refractivity contribution in [3.63, 3.8) is 0 Å². The lowest BCUT2D eigenvalue weighted by molar-refractivity contribution is 0.611. The van der Waals surface area contributed by atoms with Gasteiger partial charge in [-0.2, -0.15) is 12.6 Å². The first-order valence-electron chi connectivity index (χ1n) is 3.24. The molecule has 0 radical (unpaired) electrons. The van der Waals surface area contributed by atoms with Gasteiger partial charge in [0, 0.05) is 15.3 Å². The van der Waals surface area contributed by atoms with Gasteiger partial charge in [0.15, 0.2) is 0 Å². The van der Waals surface area contributed by atoms with Crippen molar-refractivity contribution in [2.45, 2.75) is 12.2 Å². The molecule has 1 aromatic carbocycles. The van der Waals surface area contributed by atoms with Gasteiger partial charge < -0.3 is 0 Å². The maximum Gasteiger partial charge on any atom is 0.127 e. The first-order chi connectivity index (χ1) is 5.11. The highest BCUT2D eigenvalue weighted by Crippen LogP contribution is 2.24. The van der Waals surface area contributed by atoms with Gasteiger partial charge in [-0.1, -0.05) is 15.9 Å². The average molecular weight is 235 g/mol. The Bertz CT molecular complexity index is 260. The Hall–Kier alpha value is -0.0200. The minimum absolute atomic E-state index is 0.0625. The molecular formula is C8H8BrFS. The summed E-state index contributed by atoms with van der Waals surface area (Å²) in [6.45, 7) is 1.84. The summed E-state index contributed by atoms with van der Waals surface area (Å²) in [4.78, 5) is 0. The van der Waals surface area contributed by atoms with Crippen LogP contribution < -0.4 is 0 Å². The Balaban J connectivity index is 3.13. The summed E-state index contributed by atoms with van der Waals surface area (Å²) in [5.41, 5.74) is 0.628. The summed E-state index contributed by atoms with van der Waals surface area (Å²) in [7, 11) is 0. The molecule has 0 aromatic heterocycles. The average Bonchev–Trinajstić information content (AvgIpc) is 1.94. The van der Waals surface area contributed by atoms with Gasteiger partial charge in [-0.3, -0.25) is 0 Å². The number of halogens is 2. The SMILES string of the molecule is CC(S)c1cc(Br)ccc1F. The smallest absolute Gasteiger partial charge is 0.127 e. The number of hydrogen-bond donors (Lipinski definition) is 1. The lowest BCUT2D eigenvalue weighted by Gasteiger charge is -2.05. The van der Waals surface area contributed by atoms with Crippen molar-refractivity contribution >= 4 is 28.6 Å². The highest BCUT2D eigenvalue weighted by Gasteiger charge is 2.06. The Labute approximate surface area is 79.3 Å². The minimum atomic E-state index is -0.198. The molecule has 0 saturated heterocycles. The molecule has 11 heavy (non-hydrogen) atoms. The zero-order chi connectivity index (χ0) is 8.43. The maximum absolute atomic E-state index is 13.0. The van der Waals surface area contributed by atoms with Crippen LogP contribution in [0, 0.1) is 5.82 Å². The molecule has 0 fully saturated rings. The van der Waals surface area contributed by atoms with E-state index < -0.39 is 0 Å². The summed E-state index contributed by atoms with van der Waals surface area (Å²) in [5, 5.41) is -0.0625. The fourth-order valence-electron chi connectivity index (χ4n) is 0.835. The molecule has 0 bridgehead atoms. The molecule has 0 spiro atoms. The van der Waals surface area contributed by atoms with Gasteiger partial charge in [-0.25, -0.2) is 4.39 Å². The summed E-state index contributed by atoms with van der Waals surface area (Å²) < 4.78 is 13.8. The molecule has 0 amide bonds. The van der Waals surface area contributed by atoms with Crippen molar-refractivity contribution in [2.75, 3.05) is 0 Å². The van der Waals surface area contributed by atoms with E-state index in [9.17, 15) is 4.39 Å². The van der Waals surface area contributed by atoms with Crippen molar-refractivity contribution in [1.82, 2.24) is 0 Å². The fraction of sp³-hybridized carbons (Fsp3) is 0.250. The molecule has 0 aliphatic rings. The largest absolute Gasteiger partial charge is 0.207 e. The number of benzene rings is 1. The van der Waals surface area contributed by atoms with Crippen molar-refractivity contribution < 1.29 is 4.39 Å². The standard InChI is InChI=1S/C8H8BrFS/c1-5(11)7-4-6(9)2-3-8(7)10/h2-5,11H,1H3. The molecule has 1 aromatic rings. The third kappa shape index (κ3) is 2.20. The fourth-order valence-corrected chi connectivity index (χ4v) is 1.41. The van der Waals surface area contributed by atoms with Gasteiger partial charge in [0.25, 0.3) is 0 Å². The quantitative estimate of drug-likeness (QED) is 0.706. The van der Waals surface area contributed by atoms with Crippen LogP contribution >= 0.6 is 28.6 Å². The molecular weight excluding hydrogens is 227 g/mol. The zero-order valence-corrected chi connectivity index (χ0v) is 8.49. The minimum Gasteiger partial charge on any atom is -0.207 e. The predicted molar refractivity (Wildman–Crippen MR) is 51.5 cm³/mol. The number of rotatable bonds is 1. The molecule has 0 heterocycles. The van der Waals surface area contributed by atoms with E-state index in [1.54, 1.807) is 12.1 Å². The molecule has 60 valence electrons. The second-order valence-electron chi connectivity index (χ2n) is 2.34. The number of thiol groups is 1. The van der Waals surface area contributed by atoms with E-state index in [0.717, 1.165) is 4.47 Å². The van der Waals surface area contributed by atoms with Gasteiger partial charge in [0.1, 0.15) is 5.82 Å². The van der Waals surface area contributed by atoms with Gasteiger partial charge >= 0.3 is 0 Å². The molecule has 3 heteroatoms. The van der Waals surface area contributed by atoms with Crippen LogP contribution in [0.25, 0.3) is 0 Å². The first-order valence-corrected chi connectivity index (χ1v) is 4.55. The summed E-state index contributed by atoms with van der Waals surface area (Å²) >= 11 is 7.41. The van der Waals surface area contributed by atoms with E-state index in [4.69, 9.17) is 0 Å². The van der Waals surface area contributed by atoms with Crippen molar-refractivity contribution in [3.8, 4) is 0 Å². The van der Waals surface area contributed by atoms with Crippen LogP contribution in [0.3, 0.4) is 0 Å². The summed E-state index contributed by atoms with van der Waals surface area (Å²) in [6.07, 6.45) is 0. The summed E-state index contributed by atoms with van der Waals surface area (Å²) in [6, 6.07) is 4.86. The second-order valence-corrected chi connectivity index (χ2v) is 4.03. The third-order valence-corrected chi connectivity index (χ3v) is 2.18. The topological polar surface area (TPSA) is 0 Å². The Morgan fingerprint density at radius 2 is 2.18 bits per heavy atom. The van der Waals surface area contributed by atoms with Crippen molar-refractivity contribution in [3.05, 3.63) is 34.1 Å². The molecule has 0 aliphatic carbocycles. The molecule has 0 nitrogen and oxygen atoms in total. The van der Waals surface area contributed by atoms with Gasteiger partial charge in [-0.15, -0.1) is 0 Å². The lowest BCUT2D eigenvalue weighted by atomic mass is 10.1. The molecule has 1 atom stereocenters. The molecule has 1 unspecified atom stereocenters. The van der Waals surface area contributed by atoms with E-state index in [1.807, 2.05) is 6.92 Å². The van der Waals surface area contributed by atoms with E-state index in [2.05, 4.69) is 28.6 Å². The predicted octanol–water partition coefficient (Wildman–Crippen LogP) is 3.58.